The third kappa shape index (κ3) is 2.39. The van der Waals surface area contributed by atoms with E-state index in [1.807, 2.05) is 24.3 Å². The summed E-state index contributed by atoms with van der Waals surface area (Å²) in [5.74, 6) is 1.36. The van der Waals surface area contributed by atoms with Crippen molar-refractivity contribution in [1.82, 2.24) is 9.78 Å². The second kappa shape index (κ2) is 4.88. The number of aliphatic hydroxyl groups excluding tert-OH is 1. The number of aryl methyl sites for hydroxylation is 1. The molecule has 1 aromatic carbocycles. The molecule has 2 aromatic rings. The van der Waals surface area contributed by atoms with E-state index < -0.39 is 0 Å². The Labute approximate surface area is 99.4 Å². The van der Waals surface area contributed by atoms with Gasteiger partial charge >= 0.3 is 0 Å². The number of hydrogen-bond acceptors (Lipinski definition) is 4. The van der Waals surface area contributed by atoms with E-state index in [0.717, 1.165) is 16.9 Å². The van der Waals surface area contributed by atoms with Crippen molar-refractivity contribution >= 4 is 5.82 Å². The van der Waals surface area contributed by atoms with E-state index in [2.05, 4.69) is 5.10 Å². The van der Waals surface area contributed by atoms with Gasteiger partial charge in [0.2, 0.25) is 0 Å². The van der Waals surface area contributed by atoms with Crippen LogP contribution >= 0.6 is 0 Å². The molecule has 0 aliphatic rings. The molecule has 0 saturated heterocycles. The molecule has 0 aliphatic carbocycles. The summed E-state index contributed by atoms with van der Waals surface area (Å²) in [7, 11) is 1.80. The number of anilines is 1. The highest BCUT2D eigenvalue weighted by Crippen LogP contribution is 2.26. The van der Waals surface area contributed by atoms with Crippen molar-refractivity contribution in [1.29, 1.82) is 0 Å². The first-order chi connectivity index (χ1) is 8.22. The average Bonchev–Trinajstić information content (AvgIpc) is 2.68. The zero-order chi connectivity index (χ0) is 12.3. The zero-order valence-electron chi connectivity index (χ0n) is 9.63. The van der Waals surface area contributed by atoms with Crippen molar-refractivity contribution in [2.75, 3.05) is 18.9 Å². The summed E-state index contributed by atoms with van der Waals surface area (Å²) in [5.41, 5.74) is 7.79. The molecular weight excluding hydrogens is 218 g/mol. The lowest BCUT2D eigenvalue weighted by molar-refractivity contribution is 0.201. The van der Waals surface area contributed by atoms with Gasteiger partial charge in [0.05, 0.1) is 12.8 Å². The lowest BCUT2D eigenvalue weighted by atomic mass is 10.1. The molecule has 0 unspecified atom stereocenters. The van der Waals surface area contributed by atoms with Crippen LogP contribution in [0.25, 0.3) is 11.1 Å². The van der Waals surface area contributed by atoms with Gasteiger partial charge in [0.15, 0.2) is 0 Å². The maximum atomic E-state index is 8.65. The van der Waals surface area contributed by atoms with Crippen LogP contribution in [-0.2, 0) is 7.05 Å². The third-order valence-electron chi connectivity index (χ3n) is 2.51. The Morgan fingerprint density at radius 1 is 1.35 bits per heavy atom. The first kappa shape index (κ1) is 11.5. The molecule has 2 rings (SSSR count). The van der Waals surface area contributed by atoms with Crippen LogP contribution in [0.1, 0.15) is 0 Å². The largest absolute Gasteiger partial charge is 0.491 e. The molecule has 0 bridgehead atoms. The molecule has 0 radical (unpaired) electrons. The van der Waals surface area contributed by atoms with Crippen molar-refractivity contribution in [2.24, 2.45) is 7.05 Å². The molecule has 0 atom stereocenters. The Morgan fingerprint density at radius 2 is 2.06 bits per heavy atom. The number of rotatable bonds is 4. The zero-order valence-corrected chi connectivity index (χ0v) is 9.63. The Bertz CT molecular complexity index is 491. The Balaban J connectivity index is 2.20. The number of nitrogen functional groups attached to an aromatic ring is 1. The smallest absolute Gasteiger partial charge is 0.129 e. The van der Waals surface area contributed by atoms with Crippen LogP contribution < -0.4 is 10.5 Å². The highest BCUT2D eigenvalue weighted by Gasteiger charge is 2.06. The fourth-order valence-electron chi connectivity index (χ4n) is 1.56. The number of nitrogens with two attached hydrogens (primary N) is 1. The maximum Gasteiger partial charge on any atom is 0.129 e. The predicted molar refractivity (Wildman–Crippen MR) is 65.6 cm³/mol. The summed E-state index contributed by atoms with van der Waals surface area (Å²) in [6, 6.07) is 7.52. The molecule has 5 heteroatoms. The van der Waals surface area contributed by atoms with E-state index in [0.29, 0.717) is 12.4 Å². The van der Waals surface area contributed by atoms with Gasteiger partial charge in [-0.2, -0.15) is 5.10 Å². The molecule has 0 amide bonds. The molecule has 17 heavy (non-hydrogen) atoms. The van der Waals surface area contributed by atoms with Crippen LogP contribution in [0.15, 0.2) is 30.5 Å². The van der Waals surface area contributed by atoms with Crippen LogP contribution in [0.3, 0.4) is 0 Å². The van der Waals surface area contributed by atoms with E-state index in [1.54, 1.807) is 17.9 Å². The minimum absolute atomic E-state index is 0.0112. The van der Waals surface area contributed by atoms with Crippen LogP contribution in [0.2, 0.25) is 0 Å². The molecule has 0 spiro atoms. The van der Waals surface area contributed by atoms with Gasteiger partial charge < -0.3 is 15.6 Å². The second-order valence-corrected chi connectivity index (χ2v) is 3.66. The van der Waals surface area contributed by atoms with Crippen molar-refractivity contribution < 1.29 is 9.84 Å². The number of hydrogen-bond donors (Lipinski definition) is 2. The predicted octanol–water partition coefficient (Wildman–Crippen LogP) is 1.04. The molecule has 0 aliphatic heterocycles. The first-order valence-electron chi connectivity index (χ1n) is 5.34. The lowest BCUT2D eigenvalue weighted by Crippen LogP contribution is -2.01. The summed E-state index contributed by atoms with van der Waals surface area (Å²) in [6.07, 6.45) is 1.74. The van der Waals surface area contributed by atoms with Crippen LogP contribution in [0.5, 0.6) is 5.75 Å². The molecule has 1 aromatic heterocycles. The van der Waals surface area contributed by atoms with E-state index in [9.17, 15) is 0 Å². The van der Waals surface area contributed by atoms with Gasteiger partial charge in [-0.15, -0.1) is 0 Å². The molecule has 1 heterocycles. The first-order valence-corrected chi connectivity index (χ1v) is 5.34. The number of aliphatic hydroxyl groups is 1. The van der Waals surface area contributed by atoms with Crippen LogP contribution in [0, 0.1) is 0 Å². The van der Waals surface area contributed by atoms with Crippen molar-refractivity contribution in [3.8, 4) is 16.9 Å². The SMILES string of the molecule is Cn1ncc(-c2ccc(OCCO)cc2)c1N. The Kier molecular flexibility index (Phi) is 3.30. The van der Waals surface area contributed by atoms with Gasteiger partial charge in [-0.05, 0) is 17.7 Å². The van der Waals surface area contributed by atoms with E-state index >= 15 is 0 Å². The molecule has 90 valence electrons. The van der Waals surface area contributed by atoms with Gasteiger partial charge in [-0.25, -0.2) is 0 Å². The fraction of sp³-hybridized carbons (Fsp3) is 0.250. The van der Waals surface area contributed by atoms with Gasteiger partial charge in [-0.3, -0.25) is 4.68 Å². The summed E-state index contributed by atoms with van der Waals surface area (Å²) in [6.45, 7) is 0.311. The summed E-state index contributed by atoms with van der Waals surface area (Å²) < 4.78 is 6.91. The third-order valence-corrected chi connectivity index (χ3v) is 2.51. The fourth-order valence-corrected chi connectivity index (χ4v) is 1.56. The molecular formula is C12H15N3O2. The number of nitrogens with zero attached hydrogens (tertiary/aromatic N) is 2. The van der Waals surface area contributed by atoms with Crippen molar-refractivity contribution in [3.63, 3.8) is 0 Å². The van der Waals surface area contributed by atoms with Crippen molar-refractivity contribution in [3.05, 3.63) is 30.5 Å². The number of aromatic nitrogens is 2. The minimum atomic E-state index is 0.0112. The molecule has 3 N–H and O–H groups in total. The molecule has 0 fully saturated rings. The minimum Gasteiger partial charge on any atom is -0.491 e. The standard InChI is InChI=1S/C12H15N3O2/c1-15-12(13)11(8-14-15)9-2-4-10(5-3-9)17-7-6-16/h2-5,8,16H,6-7,13H2,1H3. The summed E-state index contributed by atoms with van der Waals surface area (Å²) >= 11 is 0. The van der Waals surface area contributed by atoms with Gasteiger partial charge in [0.25, 0.3) is 0 Å². The van der Waals surface area contributed by atoms with Gasteiger partial charge in [0, 0.05) is 12.6 Å². The second-order valence-electron chi connectivity index (χ2n) is 3.66. The van der Waals surface area contributed by atoms with E-state index in [4.69, 9.17) is 15.6 Å². The number of ether oxygens (including phenoxy) is 1. The summed E-state index contributed by atoms with van der Waals surface area (Å²) in [4.78, 5) is 0. The topological polar surface area (TPSA) is 73.3 Å². The highest BCUT2D eigenvalue weighted by molar-refractivity contribution is 5.73. The normalized spacial score (nSPS) is 10.5. The number of benzene rings is 1. The van der Waals surface area contributed by atoms with Crippen molar-refractivity contribution in [2.45, 2.75) is 0 Å². The van der Waals surface area contributed by atoms with E-state index in [-0.39, 0.29) is 6.61 Å². The van der Waals surface area contributed by atoms with E-state index in [1.165, 1.54) is 0 Å². The highest BCUT2D eigenvalue weighted by atomic mass is 16.5. The Morgan fingerprint density at radius 3 is 2.59 bits per heavy atom. The molecule has 5 nitrogen and oxygen atoms in total. The quantitative estimate of drug-likeness (QED) is 0.827. The van der Waals surface area contributed by atoms with Gasteiger partial charge in [-0.1, -0.05) is 12.1 Å². The average molecular weight is 233 g/mol. The summed E-state index contributed by atoms with van der Waals surface area (Å²) in [5, 5.41) is 12.7. The Hall–Kier alpha value is -2.01. The molecule has 0 saturated carbocycles. The van der Waals surface area contributed by atoms with Crippen LogP contribution in [-0.4, -0.2) is 28.1 Å². The van der Waals surface area contributed by atoms with Gasteiger partial charge in [0.1, 0.15) is 18.2 Å². The maximum absolute atomic E-state index is 8.65. The monoisotopic (exact) mass is 233 g/mol. The van der Waals surface area contributed by atoms with Crippen LogP contribution in [0.4, 0.5) is 5.82 Å². The lowest BCUT2D eigenvalue weighted by Gasteiger charge is -2.05.